The highest BCUT2D eigenvalue weighted by Crippen LogP contribution is 1.92. The number of amides is 2. The Morgan fingerprint density at radius 2 is 2.09 bits per heavy atom. The summed E-state index contributed by atoms with van der Waals surface area (Å²) in [5.41, 5.74) is 0.279. The summed E-state index contributed by atoms with van der Waals surface area (Å²) in [7, 11) is 1.40. The van der Waals surface area contributed by atoms with E-state index in [4.69, 9.17) is 11.6 Å². The molecule has 62 valence electrons. The molecule has 0 aliphatic rings. The minimum Gasteiger partial charge on any atom is -0.504 e. The molecule has 11 heavy (non-hydrogen) atoms. The van der Waals surface area contributed by atoms with Gasteiger partial charge in [0.15, 0.2) is 0 Å². The first-order chi connectivity index (χ1) is 5.07. The number of imide groups is 1. The van der Waals surface area contributed by atoms with E-state index in [1.165, 1.54) is 20.3 Å². The highest BCUT2D eigenvalue weighted by molar-refractivity contribution is 6.64. The summed E-state index contributed by atoms with van der Waals surface area (Å²) in [6.07, 6.45) is 1.22. The summed E-state index contributed by atoms with van der Waals surface area (Å²) < 4.78 is 4.53. The van der Waals surface area contributed by atoms with Gasteiger partial charge in [0, 0.05) is 5.57 Å². The van der Waals surface area contributed by atoms with Gasteiger partial charge in [0.25, 0.3) is 5.91 Å². The van der Waals surface area contributed by atoms with Crippen LogP contribution in [0.25, 0.3) is 0 Å². The minimum atomic E-state index is -0.904. The van der Waals surface area contributed by atoms with Crippen molar-refractivity contribution >= 4 is 22.9 Å². The van der Waals surface area contributed by atoms with E-state index in [0.29, 0.717) is 0 Å². The summed E-state index contributed by atoms with van der Waals surface area (Å²) in [5, 5.41) is 0.963. The second-order valence-electron chi connectivity index (χ2n) is 1.76. The van der Waals surface area contributed by atoms with Crippen LogP contribution in [0.3, 0.4) is 0 Å². The summed E-state index contributed by atoms with van der Waals surface area (Å²) in [6.45, 7) is 1.50. The molecule has 0 saturated heterocycles. The van der Waals surface area contributed by atoms with Gasteiger partial charge in [0.05, 0.1) is 13.4 Å². The predicted molar refractivity (Wildman–Crippen MR) is 40.2 cm³/mol. The van der Waals surface area contributed by atoms with Gasteiger partial charge in [0.1, 0.15) is 0 Å². The number of methoxy groups -OCH3 is 1. The first kappa shape index (κ1) is 9.97. The molecule has 0 aliphatic carbocycles. The summed E-state index contributed by atoms with van der Waals surface area (Å²) >= 11 is 4.88. The smallest absolute Gasteiger partial charge is 0.320 e. The Morgan fingerprint density at radius 3 is 2.45 bits per heavy atom. The molecule has 0 aromatic heterocycles. The SMILES string of the molecule is CO/C=C(/C)C(=O)NC(=O)Cl. The van der Waals surface area contributed by atoms with Gasteiger partial charge < -0.3 is 4.74 Å². The molecule has 0 unspecified atom stereocenters. The third kappa shape index (κ3) is 4.38. The summed E-state index contributed by atoms with van der Waals surface area (Å²) in [6, 6.07) is 0. The lowest BCUT2D eigenvalue weighted by Gasteiger charge is -1.97. The van der Waals surface area contributed by atoms with Crippen molar-refractivity contribution in [1.82, 2.24) is 5.32 Å². The number of hydrogen-bond donors (Lipinski definition) is 1. The molecule has 1 N–H and O–H groups in total. The first-order valence-electron chi connectivity index (χ1n) is 2.78. The molecule has 0 aliphatic heterocycles. The van der Waals surface area contributed by atoms with E-state index in [1.54, 1.807) is 0 Å². The van der Waals surface area contributed by atoms with Crippen LogP contribution in [0.5, 0.6) is 0 Å². The molecule has 0 bridgehead atoms. The number of hydrogen-bond acceptors (Lipinski definition) is 3. The fraction of sp³-hybridized carbons (Fsp3) is 0.333. The second kappa shape index (κ2) is 4.73. The lowest BCUT2D eigenvalue weighted by molar-refractivity contribution is -0.116. The minimum absolute atomic E-state index is 0.279. The average Bonchev–Trinajstić information content (AvgIpc) is 1.86. The van der Waals surface area contributed by atoms with E-state index < -0.39 is 11.3 Å². The lowest BCUT2D eigenvalue weighted by Crippen LogP contribution is -2.26. The Morgan fingerprint density at radius 1 is 1.55 bits per heavy atom. The van der Waals surface area contributed by atoms with Gasteiger partial charge in [-0.1, -0.05) is 0 Å². The molecule has 0 spiro atoms. The van der Waals surface area contributed by atoms with Crippen molar-refractivity contribution in [1.29, 1.82) is 0 Å². The molecule has 0 fully saturated rings. The number of nitrogens with one attached hydrogen (secondary N) is 1. The van der Waals surface area contributed by atoms with Gasteiger partial charge in [-0.15, -0.1) is 0 Å². The Labute approximate surface area is 69.2 Å². The lowest BCUT2D eigenvalue weighted by atomic mass is 10.3. The highest BCUT2D eigenvalue weighted by Gasteiger charge is 2.06. The average molecular weight is 178 g/mol. The summed E-state index contributed by atoms with van der Waals surface area (Å²) in [4.78, 5) is 20.9. The van der Waals surface area contributed by atoms with Gasteiger partial charge in [-0.25, -0.2) is 0 Å². The van der Waals surface area contributed by atoms with Crippen LogP contribution in [0.4, 0.5) is 4.79 Å². The number of rotatable bonds is 2. The van der Waals surface area contributed by atoms with E-state index in [9.17, 15) is 9.59 Å². The van der Waals surface area contributed by atoms with E-state index in [-0.39, 0.29) is 5.57 Å². The Balaban J connectivity index is 4.03. The zero-order valence-corrected chi connectivity index (χ0v) is 6.94. The standard InChI is InChI=1S/C6H8ClNO3/c1-4(3-11-2)5(9)8-6(7)10/h3H,1-2H3,(H,8,9,10)/b4-3-. The summed E-state index contributed by atoms with van der Waals surface area (Å²) in [5.74, 6) is -0.563. The largest absolute Gasteiger partial charge is 0.504 e. The predicted octanol–water partition coefficient (Wildman–Crippen LogP) is 1.01. The molecule has 0 saturated carbocycles. The number of halogens is 1. The van der Waals surface area contributed by atoms with Crippen molar-refractivity contribution in [3.8, 4) is 0 Å². The van der Waals surface area contributed by atoms with Crippen LogP contribution in [0.2, 0.25) is 0 Å². The maximum absolute atomic E-state index is 10.8. The molecular formula is C6H8ClNO3. The monoisotopic (exact) mass is 177 g/mol. The molecule has 0 rings (SSSR count). The normalized spacial score (nSPS) is 10.6. The maximum Gasteiger partial charge on any atom is 0.320 e. The molecule has 2 amide bonds. The molecular weight excluding hydrogens is 170 g/mol. The quantitative estimate of drug-likeness (QED) is 0.297. The van der Waals surface area contributed by atoms with E-state index in [0.717, 1.165) is 0 Å². The number of ether oxygens (including phenoxy) is 1. The van der Waals surface area contributed by atoms with Crippen molar-refractivity contribution in [2.75, 3.05) is 7.11 Å². The van der Waals surface area contributed by atoms with Gasteiger partial charge in [0.2, 0.25) is 0 Å². The third-order valence-electron chi connectivity index (χ3n) is 0.865. The van der Waals surface area contributed by atoms with Crippen LogP contribution in [0, 0.1) is 0 Å². The van der Waals surface area contributed by atoms with E-state index >= 15 is 0 Å². The fourth-order valence-corrected chi connectivity index (χ4v) is 0.504. The van der Waals surface area contributed by atoms with Gasteiger partial charge >= 0.3 is 5.37 Å². The van der Waals surface area contributed by atoms with Crippen LogP contribution < -0.4 is 5.32 Å². The maximum atomic E-state index is 10.8. The molecule has 4 nitrogen and oxygen atoms in total. The van der Waals surface area contributed by atoms with Crippen molar-refractivity contribution in [2.24, 2.45) is 0 Å². The topological polar surface area (TPSA) is 55.4 Å². The Hall–Kier alpha value is -1.03. The van der Waals surface area contributed by atoms with Gasteiger partial charge in [-0.2, -0.15) is 0 Å². The number of carbonyl (C=O) groups excluding carboxylic acids is 2. The molecule has 0 radical (unpaired) electrons. The van der Waals surface area contributed by atoms with Crippen LogP contribution in [0.1, 0.15) is 6.92 Å². The van der Waals surface area contributed by atoms with Crippen molar-refractivity contribution in [3.63, 3.8) is 0 Å². The zero-order valence-electron chi connectivity index (χ0n) is 6.18. The highest BCUT2D eigenvalue weighted by atomic mass is 35.5. The van der Waals surface area contributed by atoms with Crippen LogP contribution in [-0.4, -0.2) is 18.4 Å². The third-order valence-corrected chi connectivity index (χ3v) is 0.959. The Bertz CT molecular complexity index is 200. The molecule has 0 aromatic carbocycles. The molecule has 5 heteroatoms. The van der Waals surface area contributed by atoms with Crippen LogP contribution in [0.15, 0.2) is 11.8 Å². The molecule has 0 atom stereocenters. The van der Waals surface area contributed by atoms with Crippen molar-refractivity contribution in [2.45, 2.75) is 6.92 Å². The van der Waals surface area contributed by atoms with Crippen molar-refractivity contribution < 1.29 is 14.3 Å². The zero-order chi connectivity index (χ0) is 8.85. The van der Waals surface area contributed by atoms with Crippen LogP contribution in [-0.2, 0) is 9.53 Å². The van der Waals surface area contributed by atoms with Crippen LogP contribution >= 0.6 is 11.6 Å². The first-order valence-corrected chi connectivity index (χ1v) is 3.16. The molecule has 0 aromatic rings. The number of carbonyl (C=O) groups is 2. The fourth-order valence-electron chi connectivity index (χ4n) is 0.418. The van der Waals surface area contributed by atoms with Crippen molar-refractivity contribution in [3.05, 3.63) is 11.8 Å². The second-order valence-corrected chi connectivity index (χ2v) is 2.11. The van der Waals surface area contributed by atoms with Gasteiger partial charge in [-0.3, -0.25) is 14.9 Å². The van der Waals surface area contributed by atoms with Gasteiger partial charge in [-0.05, 0) is 18.5 Å². The molecule has 0 heterocycles. The van der Waals surface area contributed by atoms with E-state index in [1.807, 2.05) is 5.32 Å². The van der Waals surface area contributed by atoms with E-state index in [2.05, 4.69) is 4.74 Å². The Kier molecular flexibility index (Phi) is 4.29.